The Kier molecular flexibility index (Phi) is 3.15. The van der Waals surface area contributed by atoms with Crippen LogP contribution in [0, 0.1) is 5.92 Å². The lowest BCUT2D eigenvalue weighted by molar-refractivity contribution is 0.0728. The van der Waals surface area contributed by atoms with E-state index in [1.54, 1.807) is 11.3 Å². The van der Waals surface area contributed by atoms with Gasteiger partial charge in [-0.3, -0.25) is 4.98 Å². The van der Waals surface area contributed by atoms with Gasteiger partial charge in [-0.25, -0.2) is 0 Å². The van der Waals surface area contributed by atoms with Gasteiger partial charge in [0.15, 0.2) is 0 Å². The van der Waals surface area contributed by atoms with E-state index >= 15 is 0 Å². The predicted molar refractivity (Wildman–Crippen MR) is 57.3 cm³/mol. The normalized spacial score (nSPS) is 29.3. The van der Waals surface area contributed by atoms with Crippen molar-refractivity contribution in [3.63, 3.8) is 0 Å². The molecule has 1 aliphatic rings. The average molecular weight is 212 g/mol. The molecule has 1 aromatic heterocycles. The molecule has 2 N–H and O–H groups in total. The zero-order valence-electron chi connectivity index (χ0n) is 8.35. The molecular weight excluding hydrogens is 196 g/mol. The van der Waals surface area contributed by atoms with Crippen molar-refractivity contribution in [1.82, 2.24) is 4.98 Å². The van der Waals surface area contributed by atoms with Crippen molar-refractivity contribution >= 4 is 11.3 Å². The van der Waals surface area contributed by atoms with Crippen molar-refractivity contribution in [3.8, 4) is 0 Å². The highest BCUT2D eigenvalue weighted by Crippen LogP contribution is 2.24. The van der Waals surface area contributed by atoms with Crippen LogP contribution >= 0.6 is 11.3 Å². The third-order valence-corrected chi connectivity index (χ3v) is 3.59. The highest BCUT2D eigenvalue weighted by atomic mass is 32.1. The molecule has 1 aromatic rings. The fourth-order valence-electron chi connectivity index (χ4n) is 1.96. The monoisotopic (exact) mass is 212 g/mol. The highest BCUT2D eigenvalue weighted by Gasteiger charge is 2.29. The predicted octanol–water partition coefficient (Wildman–Crippen LogP) is 1.44. The van der Waals surface area contributed by atoms with Gasteiger partial charge in [0, 0.05) is 30.1 Å². The summed E-state index contributed by atoms with van der Waals surface area (Å²) in [6.45, 7) is 3.08. The summed E-state index contributed by atoms with van der Waals surface area (Å²) in [6.07, 6.45) is 4.15. The van der Waals surface area contributed by atoms with E-state index in [0.717, 1.165) is 19.4 Å². The first kappa shape index (κ1) is 10.1. The molecule has 0 aliphatic carbocycles. The Labute approximate surface area is 88.3 Å². The molecule has 2 heterocycles. The van der Waals surface area contributed by atoms with E-state index in [1.165, 1.54) is 4.88 Å². The van der Waals surface area contributed by atoms with E-state index < -0.39 is 0 Å². The van der Waals surface area contributed by atoms with Gasteiger partial charge < -0.3 is 10.5 Å². The van der Waals surface area contributed by atoms with Crippen molar-refractivity contribution in [2.24, 2.45) is 11.7 Å². The second-order valence-electron chi connectivity index (χ2n) is 3.94. The van der Waals surface area contributed by atoms with E-state index in [1.807, 2.05) is 11.7 Å². The summed E-state index contributed by atoms with van der Waals surface area (Å²) in [7, 11) is 0. The van der Waals surface area contributed by atoms with E-state index in [4.69, 9.17) is 10.5 Å². The molecule has 4 heteroatoms. The van der Waals surface area contributed by atoms with Crippen LogP contribution < -0.4 is 5.73 Å². The van der Waals surface area contributed by atoms with E-state index in [-0.39, 0.29) is 12.1 Å². The number of nitrogens with zero attached hydrogens (tertiary/aromatic N) is 1. The summed E-state index contributed by atoms with van der Waals surface area (Å²) < 4.78 is 5.63. The van der Waals surface area contributed by atoms with Crippen LogP contribution in [0.2, 0.25) is 0 Å². The first-order chi connectivity index (χ1) is 6.77. The van der Waals surface area contributed by atoms with Gasteiger partial charge in [0.25, 0.3) is 0 Å². The Bertz CT molecular complexity index is 276. The summed E-state index contributed by atoms with van der Waals surface area (Å²) >= 11 is 1.66. The number of hydrogen-bond donors (Lipinski definition) is 1. The molecule has 1 aliphatic heterocycles. The van der Waals surface area contributed by atoms with E-state index in [9.17, 15) is 0 Å². The summed E-state index contributed by atoms with van der Waals surface area (Å²) in [5, 5.41) is 0. The fraction of sp³-hybridized carbons (Fsp3) is 0.700. The van der Waals surface area contributed by atoms with Crippen molar-refractivity contribution < 1.29 is 4.74 Å². The number of rotatable bonds is 3. The van der Waals surface area contributed by atoms with Crippen LogP contribution in [0.1, 0.15) is 18.2 Å². The first-order valence-corrected chi connectivity index (χ1v) is 5.90. The lowest BCUT2D eigenvalue weighted by Crippen LogP contribution is -2.39. The maximum absolute atomic E-state index is 6.11. The topological polar surface area (TPSA) is 48.1 Å². The maximum atomic E-state index is 6.11. The average Bonchev–Trinajstić information content (AvgIpc) is 2.75. The van der Waals surface area contributed by atoms with Gasteiger partial charge in [0.1, 0.15) is 0 Å². The van der Waals surface area contributed by atoms with Gasteiger partial charge in [0.2, 0.25) is 0 Å². The van der Waals surface area contributed by atoms with Crippen LogP contribution in [-0.4, -0.2) is 23.7 Å². The molecular formula is C10H16N2OS. The molecule has 3 atom stereocenters. The maximum Gasteiger partial charge on any atom is 0.0794 e. The highest BCUT2D eigenvalue weighted by molar-refractivity contribution is 7.09. The molecule has 0 radical (unpaired) electrons. The summed E-state index contributed by atoms with van der Waals surface area (Å²) in [5.41, 5.74) is 7.96. The van der Waals surface area contributed by atoms with Crippen LogP contribution in [0.4, 0.5) is 0 Å². The Morgan fingerprint density at radius 3 is 3.21 bits per heavy atom. The van der Waals surface area contributed by atoms with Gasteiger partial charge in [-0.05, 0) is 12.3 Å². The minimum absolute atomic E-state index is 0.118. The number of nitrogens with two attached hydrogens (primary N) is 1. The number of thiazole rings is 1. The number of aromatic nitrogens is 1. The fourth-order valence-corrected chi connectivity index (χ4v) is 2.62. The molecule has 1 fully saturated rings. The molecule has 3 nitrogen and oxygen atoms in total. The van der Waals surface area contributed by atoms with E-state index in [0.29, 0.717) is 5.92 Å². The summed E-state index contributed by atoms with van der Waals surface area (Å²) in [6, 6.07) is 0.118. The van der Waals surface area contributed by atoms with Gasteiger partial charge >= 0.3 is 0 Å². The van der Waals surface area contributed by atoms with Crippen molar-refractivity contribution in [3.05, 3.63) is 16.6 Å². The lowest BCUT2D eigenvalue weighted by Gasteiger charge is -2.21. The van der Waals surface area contributed by atoms with Crippen LogP contribution in [-0.2, 0) is 11.2 Å². The Morgan fingerprint density at radius 1 is 1.79 bits per heavy atom. The lowest BCUT2D eigenvalue weighted by atomic mass is 9.96. The van der Waals surface area contributed by atoms with Crippen molar-refractivity contribution in [2.75, 3.05) is 6.61 Å². The molecule has 2 rings (SSSR count). The molecule has 14 heavy (non-hydrogen) atoms. The molecule has 0 spiro atoms. The van der Waals surface area contributed by atoms with Crippen molar-refractivity contribution in [2.45, 2.75) is 31.9 Å². The molecule has 0 amide bonds. The number of hydrogen-bond acceptors (Lipinski definition) is 4. The Morgan fingerprint density at radius 2 is 2.64 bits per heavy atom. The molecule has 0 bridgehead atoms. The van der Waals surface area contributed by atoms with Gasteiger partial charge in [-0.1, -0.05) is 6.92 Å². The summed E-state index contributed by atoms with van der Waals surface area (Å²) in [4.78, 5) is 5.29. The summed E-state index contributed by atoms with van der Waals surface area (Å²) in [5.74, 6) is 0.595. The Balaban J connectivity index is 1.92. The zero-order valence-corrected chi connectivity index (χ0v) is 9.17. The first-order valence-electron chi connectivity index (χ1n) is 5.02. The second kappa shape index (κ2) is 4.38. The van der Waals surface area contributed by atoms with Crippen LogP contribution in [0.25, 0.3) is 0 Å². The quantitative estimate of drug-likeness (QED) is 0.824. The third-order valence-electron chi connectivity index (χ3n) is 2.79. The molecule has 0 aromatic carbocycles. The zero-order chi connectivity index (χ0) is 9.97. The van der Waals surface area contributed by atoms with Gasteiger partial charge in [-0.15, -0.1) is 11.3 Å². The number of ether oxygens (including phenoxy) is 1. The molecule has 0 saturated carbocycles. The minimum atomic E-state index is 0.118. The van der Waals surface area contributed by atoms with Gasteiger partial charge in [-0.2, -0.15) is 0 Å². The smallest absolute Gasteiger partial charge is 0.0794 e. The standard InChI is InChI=1S/C10H16N2OS/c1-7-2-3-13-10(7)9(11)4-8-5-12-6-14-8/h5-7,9-10H,2-4,11H2,1H3. The van der Waals surface area contributed by atoms with Crippen LogP contribution in [0.15, 0.2) is 11.7 Å². The third kappa shape index (κ3) is 2.13. The molecule has 1 saturated heterocycles. The SMILES string of the molecule is CC1CCOC1C(N)Cc1cncs1. The van der Waals surface area contributed by atoms with E-state index in [2.05, 4.69) is 11.9 Å². The largest absolute Gasteiger partial charge is 0.376 e. The molecule has 3 unspecified atom stereocenters. The molecule has 78 valence electrons. The van der Waals surface area contributed by atoms with Gasteiger partial charge in [0.05, 0.1) is 11.6 Å². The van der Waals surface area contributed by atoms with Crippen LogP contribution in [0.5, 0.6) is 0 Å². The van der Waals surface area contributed by atoms with Crippen LogP contribution in [0.3, 0.4) is 0 Å². The Hall–Kier alpha value is -0.450. The second-order valence-corrected chi connectivity index (χ2v) is 4.91. The van der Waals surface area contributed by atoms with Crippen molar-refractivity contribution in [1.29, 1.82) is 0 Å². The minimum Gasteiger partial charge on any atom is -0.376 e.